The molecule has 0 aliphatic carbocycles. The number of benzene rings is 1. The zero-order chi connectivity index (χ0) is 13.9. The Morgan fingerprint density at radius 1 is 1.30 bits per heavy atom. The van der Waals surface area contributed by atoms with Gasteiger partial charge in [0.1, 0.15) is 0 Å². The van der Waals surface area contributed by atoms with Crippen molar-refractivity contribution in [3.05, 3.63) is 48.1 Å². The Morgan fingerprint density at radius 3 is 2.70 bits per heavy atom. The summed E-state index contributed by atoms with van der Waals surface area (Å²) >= 11 is 0. The summed E-state index contributed by atoms with van der Waals surface area (Å²) in [4.78, 5) is 8.06. The average Bonchev–Trinajstić information content (AvgIpc) is 3.07. The third-order valence-electron chi connectivity index (χ3n) is 2.70. The van der Waals surface area contributed by atoms with Gasteiger partial charge in [0.25, 0.3) is 0 Å². The monoisotopic (exact) mass is 268 g/mol. The van der Waals surface area contributed by atoms with E-state index in [0.29, 0.717) is 11.8 Å². The summed E-state index contributed by atoms with van der Waals surface area (Å²) in [5.41, 5.74) is 8.35. The SMILES string of the molecule is Cc1cn(N=Cc2ccc(-c3ncon3)cc2)c(N)n1. The number of nitrogen functional groups attached to an aromatic ring is 1. The Morgan fingerprint density at radius 2 is 2.10 bits per heavy atom. The lowest BCUT2D eigenvalue weighted by Crippen LogP contribution is -1.96. The Labute approximate surface area is 114 Å². The van der Waals surface area contributed by atoms with Crippen molar-refractivity contribution in [3.8, 4) is 11.4 Å². The lowest BCUT2D eigenvalue weighted by Gasteiger charge is -1.97. The van der Waals surface area contributed by atoms with Crippen LogP contribution in [0.4, 0.5) is 5.95 Å². The van der Waals surface area contributed by atoms with Gasteiger partial charge in [-0.05, 0) is 12.5 Å². The van der Waals surface area contributed by atoms with E-state index in [4.69, 9.17) is 10.3 Å². The summed E-state index contributed by atoms with van der Waals surface area (Å²) in [5, 5.41) is 8.02. The van der Waals surface area contributed by atoms with Crippen LogP contribution in [0, 0.1) is 6.92 Å². The number of nitrogens with two attached hydrogens (primary N) is 1. The van der Waals surface area contributed by atoms with Crippen LogP contribution in [0.2, 0.25) is 0 Å². The van der Waals surface area contributed by atoms with Crippen LogP contribution in [0.3, 0.4) is 0 Å². The minimum Gasteiger partial charge on any atom is -0.368 e. The number of anilines is 1. The van der Waals surface area contributed by atoms with Gasteiger partial charge in [0.05, 0.1) is 18.1 Å². The predicted molar refractivity (Wildman–Crippen MR) is 74.1 cm³/mol. The molecule has 0 fully saturated rings. The molecule has 0 spiro atoms. The fraction of sp³-hybridized carbons (Fsp3) is 0.0769. The highest BCUT2D eigenvalue weighted by atomic mass is 16.5. The van der Waals surface area contributed by atoms with E-state index in [2.05, 4.69) is 20.2 Å². The fourth-order valence-corrected chi connectivity index (χ4v) is 1.74. The fourth-order valence-electron chi connectivity index (χ4n) is 1.74. The minimum atomic E-state index is 0.363. The van der Waals surface area contributed by atoms with Gasteiger partial charge in [0, 0.05) is 5.56 Å². The highest BCUT2D eigenvalue weighted by molar-refractivity contribution is 5.80. The highest BCUT2D eigenvalue weighted by Crippen LogP contribution is 2.14. The van der Waals surface area contributed by atoms with E-state index in [1.54, 1.807) is 12.4 Å². The molecule has 0 aliphatic heterocycles. The molecule has 1 aromatic carbocycles. The Bertz CT molecular complexity index is 727. The highest BCUT2D eigenvalue weighted by Gasteiger charge is 2.02. The second-order valence-electron chi connectivity index (χ2n) is 4.21. The van der Waals surface area contributed by atoms with Gasteiger partial charge >= 0.3 is 0 Å². The largest absolute Gasteiger partial charge is 0.368 e. The molecule has 0 bridgehead atoms. The third-order valence-corrected chi connectivity index (χ3v) is 2.70. The Hall–Kier alpha value is -2.96. The second kappa shape index (κ2) is 4.96. The lowest BCUT2D eigenvalue weighted by molar-refractivity contribution is 0.419. The summed E-state index contributed by atoms with van der Waals surface area (Å²) in [6, 6.07) is 7.62. The maximum Gasteiger partial charge on any atom is 0.221 e. The summed E-state index contributed by atoms with van der Waals surface area (Å²) < 4.78 is 6.24. The molecular weight excluding hydrogens is 256 g/mol. The van der Waals surface area contributed by atoms with Crippen molar-refractivity contribution in [2.75, 3.05) is 5.73 Å². The summed E-state index contributed by atoms with van der Waals surface area (Å²) in [6.45, 7) is 1.86. The topological polar surface area (TPSA) is 95.1 Å². The van der Waals surface area contributed by atoms with E-state index in [-0.39, 0.29) is 0 Å². The molecule has 0 radical (unpaired) electrons. The van der Waals surface area contributed by atoms with Crippen LogP contribution in [0.15, 0.2) is 46.5 Å². The van der Waals surface area contributed by atoms with E-state index in [1.807, 2.05) is 31.2 Å². The normalized spacial score (nSPS) is 11.2. The van der Waals surface area contributed by atoms with E-state index < -0.39 is 0 Å². The molecule has 7 nitrogen and oxygen atoms in total. The van der Waals surface area contributed by atoms with Crippen molar-refractivity contribution in [1.29, 1.82) is 0 Å². The first-order valence-corrected chi connectivity index (χ1v) is 5.95. The molecule has 2 N–H and O–H groups in total. The third kappa shape index (κ3) is 2.41. The Balaban J connectivity index is 1.80. The van der Waals surface area contributed by atoms with Crippen LogP contribution in [0.25, 0.3) is 11.4 Å². The maximum absolute atomic E-state index is 5.70. The number of aromatic nitrogens is 4. The van der Waals surface area contributed by atoms with Gasteiger partial charge in [0.2, 0.25) is 18.2 Å². The maximum atomic E-state index is 5.70. The number of aryl methyl sites for hydroxylation is 1. The van der Waals surface area contributed by atoms with E-state index in [9.17, 15) is 0 Å². The minimum absolute atomic E-state index is 0.363. The molecule has 0 unspecified atom stereocenters. The van der Waals surface area contributed by atoms with Gasteiger partial charge in [-0.25, -0.2) is 9.66 Å². The average molecular weight is 268 g/mol. The van der Waals surface area contributed by atoms with Crippen LogP contribution in [-0.2, 0) is 0 Å². The molecule has 2 aromatic heterocycles. The number of rotatable bonds is 3. The van der Waals surface area contributed by atoms with Gasteiger partial charge in [-0.15, -0.1) is 0 Å². The summed E-state index contributed by atoms with van der Waals surface area (Å²) in [6.07, 6.45) is 4.77. The molecule has 20 heavy (non-hydrogen) atoms. The van der Waals surface area contributed by atoms with E-state index >= 15 is 0 Å². The van der Waals surface area contributed by atoms with Crippen molar-refractivity contribution in [2.45, 2.75) is 6.92 Å². The number of hydrogen-bond donors (Lipinski definition) is 1. The van der Waals surface area contributed by atoms with Crippen LogP contribution < -0.4 is 5.73 Å². The predicted octanol–water partition coefficient (Wildman–Crippen LogP) is 1.71. The van der Waals surface area contributed by atoms with Crippen LogP contribution in [0.5, 0.6) is 0 Å². The summed E-state index contributed by atoms with van der Waals surface area (Å²) in [5.74, 6) is 0.921. The van der Waals surface area contributed by atoms with Gasteiger partial charge in [0.15, 0.2) is 0 Å². The van der Waals surface area contributed by atoms with Gasteiger partial charge in [-0.1, -0.05) is 29.4 Å². The van der Waals surface area contributed by atoms with Crippen molar-refractivity contribution in [1.82, 2.24) is 19.8 Å². The quantitative estimate of drug-likeness (QED) is 0.729. The molecular formula is C13H12N6O. The van der Waals surface area contributed by atoms with E-state index in [0.717, 1.165) is 16.8 Å². The zero-order valence-electron chi connectivity index (χ0n) is 10.8. The standard InChI is InChI=1S/C13H12N6O/c1-9-7-19(13(14)17-9)16-6-10-2-4-11(5-3-10)12-15-8-20-18-12/h2-8H,1H3,(H2,14,17). The molecule has 0 amide bonds. The molecule has 3 rings (SSSR count). The van der Waals surface area contributed by atoms with Gasteiger partial charge in [-0.2, -0.15) is 10.1 Å². The van der Waals surface area contributed by atoms with Crippen LogP contribution in [0.1, 0.15) is 11.3 Å². The number of nitrogens with zero attached hydrogens (tertiary/aromatic N) is 5. The zero-order valence-corrected chi connectivity index (χ0v) is 10.8. The van der Waals surface area contributed by atoms with Crippen molar-refractivity contribution < 1.29 is 4.52 Å². The molecule has 0 saturated carbocycles. The van der Waals surface area contributed by atoms with Crippen molar-refractivity contribution >= 4 is 12.2 Å². The molecule has 3 aromatic rings. The molecule has 0 saturated heterocycles. The molecule has 0 atom stereocenters. The molecule has 0 aliphatic rings. The molecule has 100 valence electrons. The first-order chi connectivity index (χ1) is 9.72. The first kappa shape index (κ1) is 12.1. The number of hydrogen-bond acceptors (Lipinski definition) is 6. The van der Waals surface area contributed by atoms with E-state index in [1.165, 1.54) is 11.1 Å². The Kier molecular flexibility index (Phi) is 3.00. The smallest absolute Gasteiger partial charge is 0.221 e. The first-order valence-electron chi connectivity index (χ1n) is 5.95. The van der Waals surface area contributed by atoms with Crippen molar-refractivity contribution in [3.63, 3.8) is 0 Å². The van der Waals surface area contributed by atoms with Crippen LogP contribution >= 0.6 is 0 Å². The lowest BCUT2D eigenvalue weighted by atomic mass is 10.1. The van der Waals surface area contributed by atoms with Gasteiger partial charge < -0.3 is 10.3 Å². The van der Waals surface area contributed by atoms with Gasteiger partial charge in [-0.3, -0.25) is 0 Å². The van der Waals surface area contributed by atoms with Crippen molar-refractivity contribution in [2.24, 2.45) is 5.10 Å². The summed E-state index contributed by atoms with van der Waals surface area (Å²) in [7, 11) is 0. The van der Waals surface area contributed by atoms with Crippen LogP contribution in [-0.4, -0.2) is 26.0 Å². The molecule has 7 heteroatoms. The molecule has 2 heterocycles. The second-order valence-corrected chi connectivity index (χ2v) is 4.21. The number of imidazole rings is 1.